The van der Waals surface area contributed by atoms with Gasteiger partial charge in [0.25, 0.3) is 5.56 Å². The molecule has 150 valence electrons. The van der Waals surface area contributed by atoms with E-state index in [1.165, 1.54) is 11.3 Å². The van der Waals surface area contributed by atoms with Crippen LogP contribution in [0.5, 0.6) is 0 Å². The van der Waals surface area contributed by atoms with Crippen LogP contribution in [0.2, 0.25) is 0 Å². The number of hydrogen-bond donors (Lipinski definition) is 1. The SMILES string of the molecule is CN1CC(Nc2sc3c(ccc(=O)n3-c3ccccc3)c2C(=O)c2ccccc2)C1. The Morgan fingerprint density at radius 3 is 2.30 bits per heavy atom. The molecule has 1 fully saturated rings. The van der Waals surface area contributed by atoms with Crippen LogP contribution in [0, 0.1) is 0 Å². The maximum atomic E-state index is 13.5. The summed E-state index contributed by atoms with van der Waals surface area (Å²) >= 11 is 1.47. The molecule has 4 aromatic rings. The molecular weight excluding hydrogens is 394 g/mol. The number of nitrogens with zero attached hydrogens (tertiary/aromatic N) is 2. The monoisotopic (exact) mass is 415 g/mol. The van der Waals surface area contributed by atoms with Crippen molar-refractivity contribution in [2.75, 3.05) is 25.5 Å². The molecule has 0 atom stereocenters. The summed E-state index contributed by atoms with van der Waals surface area (Å²) in [6.07, 6.45) is 0. The van der Waals surface area contributed by atoms with Crippen molar-refractivity contribution in [2.45, 2.75) is 6.04 Å². The first-order valence-electron chi connectivity index (χ1n) is 9.90. The van der Waals surface area contributed by atoms with Crippen molar-refractivity contribution in [3.8, 4) is 5.69 Å². The molecule has 0 saturated carbocycles. The predicted octanol–water partition coefficient (Wildman–Crippen LogP) is 4.01. The normalized spacial score (nSPS) is 14.6. The molecule has 6 heteroatoms. The van der Waals surface area contributed by atoms with E-state index in [0.717, 1.165) is 34.0 Å². The smallest absolute Gasteiger partial charge is 0.256 e. The number of nitrogens with one attached hydrogen (secondary N) is 1. The molecule has 30 heavy (non-hydrogen) atoms. The third kappa shape index (κ3) is 3.24. The zero-order valence-electron chi connectivity index (χ0n) is 16.5. The van der Waals surface area contributed by atoms with E-state index in [1.54, 1.807) is 16.7 Å². The van der Waals surface area contributed by atoms with Crippen LogP contribution < -0.4 is 10.9 Å². The maximum Gasteiger partial charge on any atom is 0.256 e. The van der Waals surface area contributed by atoms with Crippen molar-refractivity contribution >= 4 is 32.3 Å². The zero-order chi connectivity index (χ0) is 20.7. The van der Waals surface area contributed by atoms with Crippen LogP contribution in [-0.2, 0) is 0 Å². The Kier molecular flexibility index (Phi) is 4.73. The molecule has 1 aliphatic rings. The van der Waals surface area contributed by atoms with Crippen molar-refractivity contribution in [2.24, 2.45) is 0 Å². The maximum absolute atomic E-state index is 13.5. The second-order valence-electron chi connectivity index (χ2n) is 7.63. The number of benzene rings is 2. The second kappa shape index (κ2) is 7.55. The highest BCUT2D eigenvalue weighted by Gasteiger charge is 2.28. The van der Waals surface area contributed by atoms with Gasteiger partial charge in [-0.25, -0.2) is 0 Å². The van der Waals surface area contributed by atoms with Crippen molar-refractivity contribution in [3.63, 3.8) is 0 Å². The van der Waals surface area contributed by atoms with Gasteiger partial charge in [0.1, 0.15) is 9.83 Å². The number of likely N-dealkylation sites (N-methyl/N-ethyl adjacent to an activating group) is 1. The van der Waals surface area contributed by atoms with E-state index in [1.807, 2.05) is 60.7 Å². The molecule has 0 unspecified atom stereocenters. The number of rotatable bonds is 5. The first kappa shape index (κ1) is 18.8. The summed E-state index contributed by atoms with van der Waals surface area (Å²) in [7, 11) is 2.08. The Bertz CT molecular complexity index is 1270. The van der Waals surface area contributed by atoms with Crippen LogP contribution in [-0.4, -0.2) is 41.4 Å². The first-order chi connectivity index (χ1) is 14.6. The largest absolute Gasteiger partial charge is 0.371 e. The molecule has 2 aromatic carbocycles. The molecule has 0 radical (unpaired) electrons. The number of hydrogen-bond acceptors (Lipinski definition) is 5. The Balaban J connectivity index is 1.72. The lowest BCUT2D eigenvalue weighted by Gasteiger charge is -2.37. The highest BCUT2D eigenvalue weighted by molar-refractivity contribution is 7.23. The Morgan fingerprint density at radius 2 is 1.63 bits per heavy atom. The molecule has 3 heterocycles. The molecule has 0 amide bonds. The molecule has 1 aliphatic heterocycles. The number of pyridine rings is 1. The molecule has 2 aromatic heterocycles. The summed E-state index contributed by atoms with van der Waals surface area (Å²) in [6.45, 7) is 1.86. The fraction of sp³-hybridized carbons (Fsp3) is 0.167. The first-order valence-corrected chi connectivity index (χ1v) is 10.7. The van der Waals surface area contributed by atoms with Gasteiger partial charge in [0.2, 0.25) is 0 Å². The van der Waals surface area contributed by atoms with Gasteiger partial charge in [0.05, 0.1) is 17.3 Å². The number of carbonyl (C=O) groups excluding carboxylic acids is 1. The fourth-order valence-electron chi connectivity index (χ4n) is 3.94. The van der Waals surface area contributed by atoms with E-state index in [-0.39, 0.29) is 11.3 Å². The Hall–Kier alpha value is -3.22. The number of carbonyl (C=O) groups is 1. The third-order valence-electron chi connectivity index (χ3n) is 5.42. The number of anilines is 1. The van der Waals surface area contributed by atoms with Gasteiger partial charge in [-0.15, -0.1) is 0 Å². The Morgan fingerprint density at radius 1 is 0.967 bits per heavy atom. The molecule has 1 N–H and O–H groups in total. The summed E-state index contributed by atoms with van der Waals surface area (Å²) in [5.41, 5.74) is 1.97. The van der Waals surface area contributed by atoms with Crippen LogP contribution in [0.4, 0.5) is 5.00 Å². The topological polar surface area (TPSA) is 54.3 Å². The van der Waals surface area contributed by atoms with Crippen LogP contribution >= 0.6 is 11.3 Å². The molecule has 0 spiro atoms. The lowest BCUT2D eigenvalue weighted by atomic mass is 10.0. The highest BCUT2D eigenvalue weighted by atomic mass is 32.1. The van der Waals surface area contributed by atoms with Gasteiger partial charge in [-0.1, -0.05) is 59.9 Å². The average molecular weight is 416 g/mol. The van der Waals surface area contributed by atoms with Gasteiger partial charge in [0.15, 0.2) is 5.78 Å². The van der Waals surface area contributed by atoms with E-state index in [4.69, 9.17) is 0 Å². The predicted molar refractivity (Wildman–Crippen MR) is 122 cm³/mol. The van der Waals surface area contributed by atoms with Crippen molar-refractivity contribution < 1.29 is 4.79 Å². The molecule has 5 rings (SSSR count). The standard InChI is InChI=1S/C24H21N3O2S/c1-26-14-17(15-26)25-23-21(22(29)16-8-4-2-5-9-16)19-12-13-20(28)27(24(19)30-23)18-10-6-3-7-11-18/h2-13,17,25H,14-15H2,1H3. The molecule has 0 bridgehead atoms. The van der Waals surface area contributed by atoms with E-state index in [2.05, 4.69) is 17.3 Å². The highest BCUT2D eigenvalue weighted by Crippen LogP contribution is 2.38. The summed E-state index contributed by atoms with van der Waals surface area (Å²) in [5.74, 6) is -0.0321. The number of likely N-dealkylation sites (tertiary alicyclic amines) is 1. The zero-order valence-corrected chi connectivity index (χ0v) is 17.4. The fourth-order valence-corrected chi connectivity index (χ4v) is 5.23. The molecular formula is C24H21N3O2S. The van der Waals surface area contributed by atoms with E-state index in [9.17, 15) is 9.59 Å². The van der Waals surface area contributed by atoms with Gasteiger partial charge >= 0.3 is 0 Å². The minimum atomic E-state index is -0.108. The van der Waals surface area contributed by atoms with Crippen LogP contribution in [0.25, 0.3) is 15.9 Å². The minimum Gasteiger partial charge on any atom is -0.371 e. The number of thiophene rings is 1. The van der Waals surface area contributed by atoms with Crippen molar-refractivity contribution in [1.82, 2.24) is 9.47 Å². The van der Waals surface area contributed by atoms with Gasteiger partial charge in [0, 0.05) is 30.1 Å². The summed E-state index contributed by atoms with van der Waals surface area (Å²) in [4.78, 5) is 29.3. The van der Waals surface area contributed by atoms with Crippen molar-refractivity contribution in [1.29, 1.82) is 0 Å². The van der Waals surface area contributed by atoms with E-state index >= 15 is 0 Å². The number of ketones is 1. The number of fused-ring (bicyclic) bond motifs is 1. The van der Waals surface area contributed by atoms with Gasteiger partial charge in [-0.2, -0.15) is 0 Å². The number of para-hydroxylation sites is 1. The second-order valence-corrected chi connectivity index (χ2v) is 8.62. The summed E-state index contributed by atoms with van der Waals surface area (Å²) < 4.78 is 1.69. The Labute approximate surface area is 178 Å². The third-order valence-corrected chi connectivity index (χ3v) is 6.54. The van der Waals surface area contributed by atoms with Crippen LogP contribution in [0.3, 0.4) is 0 Å². The van der Waals surface area contributed by atoms with E-state index < -0.39 is 0 Å². The lowest BCUT2D eigenvalue weighted by Crippen LogP contribution is -2.52. The molecule has 5 nitrogen and oxygen atoms in total. The van der Waals surface area contributed by atoms with Gasteiger partial charge in [-0.3, -0.25) is 14.2 Å². The minimum absolute atomic E-state index is 0.0321. The van der Waals surface area contributed by atoms with E-state index in [0.29, 0.717) is 17.2 Å². The quantitative estimate of drug-likeness (QED) is 0.501. The lowest BCUT2D eigenvalue weighted by molar-refractivity contribution is 0.104. The van der Waals surface area contributed by atoms with Gasteiger partial charge in [-0.05, 0) is 25.2 Å². The molecule has 1 saturated heterocycles. The summed E-state index contributed by atoms with van der Waals surface area (Å²) in [6, 6.07) is 22.5. The van der Waals surface area contributed by atoms with Crippen molar-refractivity contribution in [3.05, 3.63) is 94.3 Å². The van der Waals surface area contributed by atoms with Gasteiger partial charge < -0.3 is 10.2 Å². The van der Waals surface area contributed by atoms with Crippen LogP contribution in [0.1, 0.15) is 15.9 Å². The van der Waals surface area contributed by atoms with Crippen LogP contribution in [0.15, 0.2) is 77.6 Å². The number of aromatic nitrogens is 1. The average Bonchev–Trinajstić information content (AvgIpc) is 3.11. The summed E-state index contributed by atoms with van der Waals surface area (Å²) in [5, 5.41) is 5.18. The molecule has 0 aliphatic carbocycles.